The number of carbonyl (C=O) groups is 1. The van der Waals surface area contributed by atoms with Crippen molar-refractivity contribution in [3.63, 3.8) is 0 Å². The number of halogens is 1. The molecule has 1 aromatic carbocycles. The van der Waals surface area contributed by atoms with E-state index in [1.54, 1.807) is 18.2 Å². The molecular weight excluding hydrogens is 240 g/mol. The Morgan fingerprint density at radius 3 is 2.88 bits per heavy atom. The smallest absolute Gasteiger partial charge is 0.250 e. The van der Waals surface area contributed by atoms with Gasteiger partial charge in [0.2, 0.25) is 5.91 Å². The molecule has 0 radical (unpaired) electrons. The van der Waals surface area contributed by atoms with E-state index in [2.05, 4.69) is 5.32 Å². The van der Waals surface area contributed by atoms with Crippen molar-refractivity contribution in [3.05, 3.63) is 23.2 Å². The van der Waals surface area contributed by atoms with Gasteiger partial charge in [0.05, 0.1) is 16.8 Å². The van der Waals surface area contributed by atoms with Crippen LogP contribution in [0.1, 0.15) is 19.3 Å². The Hall–Kier alpha value is -1.26. The van der Waals surface area contributed by atoms with E-state index in [0.717, 1.165) is 12.8 Å². The quantitative estimate of drug-likeness (QED) is 0.811. The Balaban J connectivity index is 1.84. The number of carbonyl (C=O) groups excluding carboxylic acids is 1. The zero-order valence-electron chi connectivity index (χ0n) is 9.41. The van der Waals surface area contributed by atoms with Crippen LogP contribution >= 0.6 is 11.6 Å². The SMILES string of the molecule is Nc1ccc(NC(=O)COC2CCC2)c(Cl)c1. The van der Waals surface area contributed by atoms with Crippen LogP contribution in [0.4, 0.5) is 11.4 Å². The Morgan fingerprint density at radius 2 is 2.29 bits per heavy atom. The molecule has 0 saturated heterocycles. The summed E-state index contributed by atoms with van der Waals surface area (Å²) in [6.45, 7) is 0.0748. The minimum Gasteiger partial charge on any atom is -0.399 e. The van der Waals surface area contributed by atoms with Crippen LogP contribution in [-0.2, 0) is 9.53 Å². The van der Waals surface area contributed by atoms with Crippen LogP contribution in [0.25, 0.3) is 0 Å². The summed E-state index contributed by atoms with van der Waals surface area (Å²) >= 11 is 5.94. The van der Waals surface area contributed by atoms with Crippen molar-refractivity contribution in [2.24, 2.45) is 0 Å². The number of hydrogen-bond acceptors (Lipinski definition) is 3. The lowest BCUT2D eigenvalue weighted by atomic mass is 9.96. The van der Waals surface area contributed by atoms with Crippen LogP contribution in [-0.4, -0.2) is 18.6 Å². The van der Waals surface area contributed by atoms with Gasteiger partial charge < -0.3 is 15.8 Å². The minimum atomic E-state index is -0.191. The number of benzene rings is 1. The van der Waals surface area contributed by atoms with E-state index in [4.69, 9.17) is 22.1 Å². The number of ether oxygens (including phenoxy) is 1. The van der Waals surface area contributed by atoms with Gasteiger partial charge in [-0.15, -0.1) is 0 Å². The minimum absolute atomic E-state index is 0.0748. The highest BCUT2D eigenvalue weighted by Gasteiger charge is 2.19. The molecule has 5 heteroatoms. The van der Waals surface area contributed by atoms with Gasteiger partial charge in [0.15, 0.2) is 0 Å². The first-order valence-electron chi connectivity index (χ1n) is 5.61. The van der Waals surface area contributed by atoms with Gasteiger partial charge in [-0.1, -0.05) is 11.6 Å². The van der Waals surface area contributed by atoms with Crippen LogP contribution < -0.4 is 11.1 Å². The van der Waals surface area contributed by atoms with Gasteiger partial charge >= 0.3 is 0 Å². The third-order valence-corrected chi connectivity index (χ3v) is 3.08. The van der Waals surface area contributed by atoms with Crippen molar-refractivity contribution in [3.8, 4) is 0 Å². The Kier molecular flexibility index (Phi) is 3.86. The highest BCUT2D eigenvalue weighted by molar-refractivity contribution is 6.34. The molecule has 3 N–H and O–H groups in total. The molecule has 17 heavy (non-hydrogen) atoms. The maximum atomic E-state index is 11.6. The molecule has 0 aromatic heterocycles. The summed E-state index contributed by atoms with van der Waals surface area (Å²) in [4.78, 5) is 11.6. The second-order valence-corrected chi connectivity index (χ2v) is 4.56. The van der Waals surface area contributed by atoms with Crippen molar-refractivity contribution >= 4 is 28.9 Å². The third kappa shape index (κ3) is 3.35. The van der Waals surface area contributed by atoms with Gasteiger partial charge in [0.1, 0.15) is 6.61 Å². The topological polar surface area (TPSA) is 64.3 Å². The molecule has 2 rings (SSSR count). The van der Waals surface area contributed by atoms with Gasteiger partial charge in [0, 0.05) is 5.69 Å². The van der Waals surface area contributed by atoms with Crippen molar-refractivity contribution in [1.82, 2.24) is 0 Å². The molecule has 1 aliphatic rings. The summed E-state index contributed by atoms with van der Waals surface area (Å²) in [5.41, 5.74) is 6.69. The number of hydrogen-bond donors (Lipinski definition) is 2. The maximum Gasteiger partial charge on any atom is 0.250 e. The molecule has 0 aliphatic heterocycles. The summed E-state index contributed by atoms with van der Waals surface area (Å²) in [6, 6.07) is 4.97. The fourth-order valence-electron chi connectivity index (χ4n) is 1.55. The number of rotatable bonds is 4. The highest BCUT2D eigenvalue weighted by Crippen LogP contribution is 2.24. The van der Waals surface area contributed by atoms with Crippen molar-refractivity contribution in [1.29, 1.82) is 0 Å². The zero-order chi connectivity index (χ0) is 12.3. The summed E-state index contributed by atoms with van der Waals surface area (Å²) < 4.78 is 5.40. The average molecular weight is 255 g/mol. The van der Waals surface area contributed by atoms with Crippen molar-refractivity contribution in [2.75, 3.05) is 17.7 Å². The second kappa shape index (κ2) is 5.38. The molecule has 1 fully saturated rings. The molecule has 0 heterocycles. The van der Waals surface area contributed by atoms with Crippen molar-refractivity contribution in [2.45, 2.75) is 25.4 Å². The van der Waals surface area contributed by atoms with Crippen LogP contribution in [0.15, 0.2) is 18.2 Å². The predicted octanol–water partition coefficient (Wildman–Crippen LogP) is 2.43. The summed E-state index contributed by atoms with van der Waals surface area (Å²) in [5, 5.41) is 3.12. The van der Waals surface area contributed by atoms with E-state index in [1.807, 2.05) is 0 Å². The highest BCUT2D eigenvalue weighted by atomic mass is 35.5. The number of amides is 1. The van der Waals surface area contributed by atoms with Crippen molar-refractivity contribution < 1.29 is 9.53 Å². The molecule has 92 valence electrons. The van der Waals surface area contributed by atoms with Gasteiger partial charge in [-0.05, 0) is 37.5 Å². The largest absolute Gasteiger partial charge is 0.399 e. The molecule has 0 bridgehead atoms. The van der Waals surface area contributed by atoms with Crippen LogP contribution in [0.2, 0.25) is 5.02 Å². The van der Waals surface area contributed by atoms with E-state index in [1.165, 1.54) is 6.42 Å². The Morgan fingerprint density at radius 1 is 1.53 bits per heavy atom. The molecule has 1 aliphatic carbocycles. The van der Waals surface area contributed by atoms with Gasteiger partial charge in [0.25, 0.3) is 0 Å². The molecule has 1 amide bonds. The number of anilines is 2. The van der Waals surface area contributed by atoms with Gasteiger partial charge in [-0.25, -0.2) is 0 Å². The summed E-state index contributed by atoms with van der Waals surface area (Å²) in [7, 11) is 0. The number of nitrogens with two attached hydrogens (primary N) is 1. The van der Waals surface area contributed by atoms with Crippen LogP contribution in [0, 0.1) is 0 Å². The Bertz CT molecular complexity index is 419. The average Bonchev–Trinajstić information content (AvgIpc) is 2.20. The Labute approximate surface area is 105 Å². The number of nitrogens with one attached hydrogen (secondary N) is 1. The maximum absolute atomic E-state index is 11.6. The zero-order valence-corrected chi connectivity index (χ0v) is 10.2. The monoisotopic (exact) mass is 254 g/mol. The normalized spacial score (nSPS) is 15.4. The lowest BCUT2D eigenvalue weighted by Gasteiger charge is -2.25. The lowest BCUT2D eigenvalue weighted by Crippen LogP contribution is -2.27. The van der Waals surface area contributed by atoms with Gasteiger partial charge in [-0.3, -0.25) is 4.79 Å². The predicted molar refractivity (Wildman–Crippen MR) is 68.1 cm³/mol. The first-order chi connectivity index (χ1) is 8.15. The third-order valence-electron chi connectivity index (χ3n) is 2.77. The second-order valence-electron chi connectivity index (χ2n) is 4.15. The molecular formula is C12H15ClN2O2. The van der Waals surface area contributed by atoms with Crippen LogP contribution in [0.5, 0.6) is 0 Å². The van der Waals surface area contributed by atoms with E-state index in [9.17, 15) is 4.79 Å². The van der Waals surface area contributed by atoms with E-state index >= 15 is 0 Å². The lowest BCUT2D eigenvalue weighted by molar-refractivity contribution is -0.124. The van der Waals surface area contributed by atoms with E-state index in [-0.39, 0.29) is 18.6 Å². The first-order valence-corrected chi connectivity index (χ1v) is 5.99. The van der Waals surface area contributed by atoms with Crippen LogP contribution in [0.3, 0.4) is 0 Å². The van der Waals surface area contributed by atoms with Gasteiger partial charge in [-0.2, -0.15) is 0 Å². The summed E-state index contributed by atoms with van der Waals surface area (Å²) in [5.74, 6) is -0.191. The molecule has 0 atom stereocenters. The molecule has 1 saturated carbocycles. The molecule has 0 unspecified atom stereocenters. The van der Waals surface area contributed by atoms with E-state index < -0.39 is 0 Å². The first kappa shape index (κ1) is 12.2. The molecule has 4 nitrogen and oxygen atoms in total. The number of nitrogen functional groups attached to an aromatic ring is 1. The standard InChI is InChI=1S/C12H15ClN2O2/c13-10-6-8(14)4-5-11(10)15-12(16)7-17-9-2-1-3-9/h4-6,9H,1-3,7,14H2,(H,15,16). The molecule has 0 spiro atoms. The fourth-order valence-corrected chi connectivity index (χ4v) is 1.79. The summed E-state index contributed by atoms with van der Waals surface area (Å²) in [6.07, 6.45) is 3.55. The van der Waals surface area contributed by atoms with E-state index in [0.29, 0.717) is 16.4 Å². The molecule has 1 aromatic rings. The fraction of sp³-hybridized carbons (Fsp3) is 0.417.